The fraction of sp³-hybridized carbons (Fsp3) is 0.160. The van der Waals surface area contributed by atoms with E-state index in [4.69, 9.17) is 4.74 Å². The third-order valence-corrected chi connectivity index (χ3v) is 5.26. The van der Waals surface area contributed by atoms with Crippen LogP contribution in [-0.4, -0.2) is 38.0 Å². The van der Waals surface area contributed by atoms with Crippen molar-refractivity contribution in [2.24, 2.45) is 4.99 Å². The van der Waals surface area contributed by atoms with E-state index in [9.17, 15) is 9.59 Å². The van der Waals surface area contributed by atoms with Crippen LogP contribution in [-0.2, 0) is 4.79 Å². The summed E-state index contributed by atoms with van der Waals surface area (Å²) in [5.74, 6) is 0.186. The van der Waals surface area contributed by atoms with Crippen LogP contribution in [0.5, 0.6) is 5.75 Å². The molecule has 0 spiro atoms. The van der Waals surface area contributed by atoms with Gasteiger partial charge in [-0.05, 0) is 30.7 Å². The summed E-state index contributed by atoms with van der Waals surface area (Å²) in [6.45, 7) is 1.92. The number of carbonyl (C=O) groups is 2. The van der Waals surface area contributed by atoms with Gasteiger partial charge in [-0.3, -0.25) is 4.79 Å². The van der Waals surface area contributed by atoms with E-state index in [0.717, 1.165) is 22.4 Å². The molecule has 1 atom stereocenters. The maximum atomic E-state index is 13.2. The third kappa shape index (κ3) is 4.18. The Kier molecular flexibility index (Phi) is 5.89. The van der Waals surface area contributed by atoms with E-state index in [1.165, 1.54) is 12.0 Å². The number of benzene rings is 3. The van der Waals surface area contributed by atoms with Crippen LogP contribution in [0.3, 0.4) is 0 Å². The van der Waals surface area contributed by atoms with Crippen molar-refractivity contribution in [3.05, 3.63) is 89.5 Å². The topological polar surface area (TPSA) is 83.0 Å². The van der Waals surface area contributed by atoms with Gasteiger partial charge in [0.05, 0.1) is 24.2 Å². The van der Waals surface area contributed by atoms with E-state index in [-0.39, 0.29) is 5.91 Å². The lowest BCUT2D eigenvalue weighted by molar-refractivity contribution is -0.119. The van der Waals surface area contributed by atoms with Crippen LogP contribution in [0.25, 0.3) is 0 Å². The van der Waals surface area contributed by atoms with Gasteiger partial charge in [-0.25, -0.2) is 9.79 Å². The number of rotatable bonds is 4. The molecule has 3 amide bonds. The van der Waals surface area contributed by atoms with E-state index in [0.29, 0.717) is 17.1 Å². The van der Waals surface area contributed by atoms with Crippen molar-refractivity contribution >= 4 is 29.0 Å². The molecule has 0 radical (unpaired) electrons. The Morgan fingerprint density at radius 2 is 1.75 bits per heavy atom. The number of amides is 3. The number of aliphatic imine (C=N–C) groups is 1. The highest BCUT2D eigenvalue weighted by Gasteiger charge is 2.31. The molecule has 1 aliphatic rings. The number of para-hydroxylation sites is 1. The van der Waals surface area contributed by atoms with Crippen LogP contribution in [0.15, 0.2) is 77.8 Å². The molecule has 1 unspecified atom stereocenters. The van der Waals surface area contributed by atoms with Gasteiger partial charge in [0.1, 0.15) is 5.75 Å². The number of hydrogen-bond donors (Lipinski definition) is 2. The number of ether oxygens (including phenoxy) is 1. The number of anilines is 2. The first-order valence-electron chi connectivity index (χ1n) is 10.2. The van der Waals surface area contributed by atoms with E-state index < -0.39 is 12.2 Å². The van der Waals surface area contributed by atoms with Crippen LogP contribution < -0.4 is 20.3 Å². The number of methoxy groups -OCH3 is 1. The minimum absolute atomic E-state index is 0.338. The molecular formula is C25H24N4O3. The van der Waals surface area contributed by atoms with Gasteiger partial charge < -0.3 is 20.3 Å². The van der Waals surface area contributed by atoms with Gasteiger partial charge in [0.15, 0.2) is 0 Å². The number of carbonyl (C=O) groups excluding carboxylic acids is 2. The van der Waals surface area contributed by atoms with E-state index in [1.54, 1.807) is 19.2 Å². The quantitative estimate of drug-likeness (QED) is 0.660. The summed E-state index contributed by atoms with van der Waals surface area (Å²) in [7, 11) is 3.21. The lowest BCUT2D eigenvalue weighted by Crippen LogP contribution is -2.47. The molecule has 7 nitrogen and oxygen atoms in total. The molecule has 0 aliphatic carbocycles. The number of aryl methyl sites for hydroxylation is 1. The number of nitrogens with zero attached hydrogens (tertiary/aromatic N) is 2. The summed E-state index contributed by atoms with van der Waals surface area (Å²) in [6.07, 6.45) is -1.10. The Hall–Kier alpha value is -4.13. The lowest BCUT2D eigenvalue weighted by atomic mass is 10.0. The van der Waals surface area contributed by atoms with Crippen molar-refractivity contribution in [1.29, 1.82) is 0 Å². The molecule has 32 heavy (non-hydrogen) atoms. The van der Waals surface area contributed by atoms with Crippen molar-refractivity contribution in [3.63, 3.8) is 0 Å². The Labute approximate surface area is 186 Å². The molecule has 3 aromatic rings. The van der Waals surface area contributed by atoms with Crippen molar-refractivity contribution in [2.75, 3.05) is 24.4 Å². The van der Waals surface area contributed by atoms with Gasteiger partial charge in [0.2, 0.25) is 6.17 Å². The standard InChI is InChI=1S/C25H24N4O3/c1-16-13-14-21(32-3)19(15-16)26-25(31)28-23-24(30)29(2)20-12-8-7-11-18(20)22(27-23)17-9-5-4-6-10-17/h4-15,23H,1-3H3,(H2,26,28,31). The van der Waals surface area contributed by atoms with Crippen LogP contribution in [0.1, 0.15) is 16.7 Å². The second kappa shape index (κ2) is 8.93. The van der Waals surface area contributed by atoms with Crippen LogP contribution in [0, 0.1) is 6.92 Å². The highest BCUT2D eigenvalue weighted by atomic mass is 16.5. The normalized spacial score (nSPS) is 15.3. The molecule has 0 saturated heterocycles. The molecule has 0 saturated carbocycles. The molecule has 3 aromatic carbocycles. The Morgan fingerprint density at radius 1 is 1.03 bits per heavy atom. The van der Waals surface area contributed by atoms with Gasteiger partial charge in [0.25, 0.3) is 5.91 Å². The highest BCUT2D eigenvalue weighted by Crippen LogP contribution is 2.28. The Bertz CT molecular complexity index is 1190. The highest BCUT2D eigenvalue weighted by molar-refractivity contribution is 6.20. The van der Waals surface area contributed by atoms with Crippen LogP contribution in [0.4, 0.5) is 16.2 Å². The first-order valence-corrected chi connectivity index (χ1v) is 10.2. The number of urea groups is 1. The van der Waals surface area contributed by atoms with Gasteiger partial charge in [-0.15, -0.1) is 0 Å². The van der Waals surface area contributed by atoms with Gasteiger partial charge in [-0.2, -0.15) is 0 Å². The zero-order chi connectivity index (χ0) is 22.7. The summed E-state index contributed by atoms with van der Waals surface area (Å²) in [4.78, 5) is 32.2. The number of likely N-dealkylation sites (N-methyl/N-ethyl adjacent to an activating group) is 1. The second-order valence-corrected chi connectivity index (χ2v) is 7.46. The molecule has 0 fully saturated rings. The SMILES string of the molecule is COc1ccc(C)cc1NC(=O)NC1N=C(c2ccccc2)c2ccccc2N(C)C1=O. The fourth-order valence-corrected chi connectivity index (χ4v) is 3.64. The fourth-order valence-electron chi connectivity index (χ4n) is 3.64. The smallest absolute Gasteiger partial charge is 0.321 e. The molecule has 7 heteroatoms. The zero-order valence-corrected chi connectivity index (χ0v) is 18.1. The summed E-state index contributed by atoms with van der Waals surface area (Å²) in [5.41, 5.74) is 4.51. The van der Waals surface area contributed by atoms with Gasteiger partial charge >= 0.3 is 6.03 Å². The second-order valence-electron chi connectivity index (χ2n) is 7.46. The summed E-state index contributed by atoms with van der Waals surface area (Å²) in [5, 5.41) is 5.47. The van der Waals surface area contributed by atoms with Crippen molar-refractivity contribution < 1.29 is 14.3 Å². The van der Waals surface area contributed by atoms with Gasteiger partial charge in [0, 0.05) is 18.2 Å². The maximum absolute atomic E-state index is 13.2. The number of hydrogen-bond acceptors (Lipinski definition) is 4. The molecule has 4 rings (SSSR count). The van der Waals surface area contributed by atoms with Gasteiger partial charge in [-0.1, -0.05) is 54.6 Å². The zero-order valence-electron chi connectivity index (χ0n) is 18.1. The summed E-state index contributed by atoms with van der Waals surface area (Å²) >= 11 is 0. The average Bonchev–Trinajstić information content (AvgIpc) is 2.90. The van der Waals surface area contributed by atoms with E-state index >= 15 is 0 Å². The third-order valence-electron chi connectivity index (χ3n) is 5.26. The summed E-state index contributed by atoms with van der Waals surface area (Å²) < 4.78 is 5.32. The van der Waals surface area contributed by atoms with Crippen molar-refractivity contribution in [2.45, 2.75) is 13.1 Å². The minimum atomic E-state index is -1.10. The summed E-state index contributed by atoms with van der Waals surface area (Å²) in [6, 6.07) is 22.1. The molecule has 2 N–H and O–H groups in total. The molecule has 0 aromatic heterocycles. The van der Waals surface area contributed by atoms with Crippen molar-refractivity contribution in [1.82, 2.24) is 5.32 Å². The van der Waals surface area contributed by atoms with Crippen LogP contribution >= 0.6 is 0 Å². The molecule has 1 heterocycles. The predicted molar refractivity (Wildman–Crippen MR) is 126 cm³/mol. The van der Waals surface area contributed by atoms with Crippen molar-refractivity contribution in [3.8, 4) is 5.75 Å². The molecule has 0 bridgehead atoms. The first kappa shape index (κ1) is 21.1. The molecular weight excluding hydrogens is 404 g/mol. The Morgan fingerprint density at radius 3 is 2.50 bits per heavy atom. The minimum Gasteiger partial charge on any atom is -0.495 e. The predicted octanol–water partition coefficient (Wildman–Crippen LogP) is 3.97. The largest absolute Gasteiger partial charge is 0.495 e. The van der Waals surface area contributed by atoms with Crippen LogP contribution in [0.2, 0.25) is 0 Å². The maximum Gasteiger partial charge on any atom is 0.321 e. The van der Waals surface area contributed by atoms with E-state index in [2.05, 4.69) is 15.6 Å². The lowest BCUT2D eigenvalue weighted by Gasteiger charge is -2.21. The molecule has 162 valence electrons. The van der Waals surface area contributed by atoms with E-state index in [1.807, 2.05) is 67.6 Å². The number of benzodiazepines with no additional fused rings is 1. The monoisotopic (exact) mass is 428 g/mol. The number of nitrogens with one attached hydrogen (secondary N) is 2. The number of fused-ring (bicyclic) bond motifs is 1. The Balaban J connectivity index is 1.68. The first-order chi connectivity index (χ1) is 15.5. The molecule has 1 aliphatic heterocycles. The average molecular weight is 428 g/mol.